The van der Waals surface area contributed by atoms with Gasteiger partial charge in [-0.15, -0.1) is 0 Å². The van der Waals surface area contributed by atoms with Crippen LogP contribution in [0.5, 0.6) is 0 Å². The summed E-state index contributed by atoms with van der Waals surface area (Å²) in [5.74, 6) is 0.0353. The van der Waals surface area contributed by atoms with E-state index >= 15 is 0 Å². The number of sulfonamides is 1. The summed E-state index contributed by atoms with van der Waals surface area (Å²) in [4.78, 5) is 11.6. The molecule has 0 amide bonds. The van der Waals surface area contributed by atoms with E-state index in [9.17, 15) is 13.2 Å². The molecule has 1 aliphatic rings. The molecular weight excluding hydrogens is 362 g/mol. The summed E-state index contributed by atoms with van der Waals surface area (Å²) in [6.45, 7) is 5.41. The fourth-order valence-corrected chi connectivity index (χ4v) is 4.10. The zero-order chi connectivity index (χ0) is 19.6. The Kier molecular flexibility index (Phi) is 5.79. The summed E-state index contributed by atoms with van der Waals surface area (Å²) >= 11 is 0. The topological polar surface area (TPSA) is 72.5 Å². The molecule has 5 nitrogen and oxygen atoms in total. The van der Waals surface area contributed by atoms with Crippen molar-refractivity contribution >= 4 is 15.8 Å². The molecule has 0 bridgehead atoms. The molecule has 1 heterocycles. The van der Waals surface area contributed by atoms with Crippen molar-refractivity contribution in [1.29, 1.82) is 0 Å². The first kappa shape index (κ1) is 19.7. The zero-order valence-corrected chi connectivity index (χ0v) is 16.6. The van der Waals surface area contributed by atoms with Crippen molar-refractivity contribution in [2.24, 2.45) is 0 Å². The number of carbonyl (C=O) groups excluding carboxylic acids is 1. The molecule has 1 aliphatic heterocycles. The Morgan fingerprint density at radius 1 is 1.11 bits per heavy atom. The first-order valence-corrected chi connectivity index (χ1v) is 10.7. The van der Waals surface area contributed by atoms with E-state index in [1.807, 2.05) is 42.5 Å². The summed E-state index contributed by atoms with van der Waals surface area (Å²) in [7, 11) is -3.35. The van der Waals surface area contributed by atoms with Gasteiger partial charge in [-0.2, -0.15) is 0 Å². The number of rotatable bonds is 6. The van der Waals surface area contributed by atoms with E-state index in [1.54, 1.807) is 26.8 Å². The van der Waals surface area contributed by atoms with Gasteiger partial charge in [0, 0.05) is 12.2 Å². The Hall–Kier alpha value is -2.02. The molecule has 0 aromatic heterocycles. The first-order valence-electron chi connectivity index (χ1n) is 9.12. The van der Waals surface area contributed by atoms with Gasteiger partial charge in [0.25, 0.3) is 0 Å². The largest absolute Gasteiger partial charge is 0.372 e. The second kappa shape index (κ2) is 7.92. The van der Waals surface area contributed by atoms with Crippen LogP contribution in [0.2, 0.25) is 0 Å². The lowest BCUT2D eigenvalue weighted by Gasteiger charge is -2.21. The van der Waals surface area contributed by atoms with Gasteiger partial charge in [-0.05, 0) is 49.9 Å². The average molecular weight is 388 g/mol. The molecule has 0 spiro atoms. The summed E-state index contributed by atoms with van der Waals surface area (Å²) in [6.07, 6.45) is 0.357. The lowest BCUT2D eigenvalue weighted by Crippen LogP contribution is -2.40. The number of nitrogens with one attached hydrogen (secondary N) is 1. The van der Waals surface area contributed by atoms with E-state index in [-0.39, 0.29) is 17.9 Å². The number of ketones is 1. The molecule has 0 radical (unpaired) electrons. The lowest BCUT2D eigenvalue weighted by atomic mass is 9.97. The predicted octanol–water partition coefficient (Wildman–Crippen LogP) is 3.71. The second-order valence-corrected chi connectivity index (χ2v) is 9.43. The van der Waals surface area contributed by atoms with Crippen molar-refractivity contribution in [3.05, 3.63) is 59.7 Å². The maximum Gasteiger partial charge on any atom is 0.214 e. The van der Waals surface area contributed by atoms with Crippen LogP contribution in [0.4, 0.5) is 0 Å². The van der Waals surface area contributed by atoms with Crippen LogP contribution < -0.4 is 4.72 Å². The Morgan fingerprint density at radius 2 is 1.81 bits per heavy atom. The SMILES string of the molecule is CC(=O)c1cccc(-c2ccc([C@H]3OCC[C@H]3NS(=O)(=O)C(C)C)cc2)c1. The molecule has 0 saturated carbocycles. The summed E-state index contributed by atoms with van der Waals surface area (Å²) in [5.41, 5.74) is 3.59. The molecule has 1 fully saturated rings. The summed E-state index contributed by atoms with van der Waals surface area (Å²) in [5, 5.41) is -0.477. The Bertz CT molecular complexity index is 919. The van der Waals surface area contributed by atoms with Crippen molar-refractivity contribution < 1.29 is 17.9 Å². The third kappa shape index (κ3) is 4.46. The Morgan fingerprint density at radius 3 is 2.44 bits per heavy atom. The minimum absolute atomic E-state index is 0.0353. The molecule has 0 unspecified atom stereocenters. The summed E-state index contributed by atoms with van der Waals surface area (Å²) < 4.78 is 33.0. The van der Waals surface area contributed by atoms with E-state index in [4.69, 9.17) is 4.74 Å². The predicted molar refractivity (Wildman–Crippen MR) is 106 cm³/mol. The minimum atomic E-state index is -3.35. The van der Waals surface area contributed by atoms with Crippen LogP contribution in [-0.4, -0.2) is 32.1 Å². The van der Waals surface area contributed by atoms with Crippen molar-refractivity contribution in [2.45, 2.75) is 44.6 Å². The third-order valence-corrected chi connectivity index (χ3v) is 6.74. The molecule has 3 rings (SSSR count). The van der Waals surface area contributed by atoms with Crippen LogP contribution in [0.1, 0.15) is 49.2 Å². The van der Waals surface area contributed by atoms with Gasteiger partial charge < -0.3 is 4.74 Å². The minimum Gasteiger partial charge on any atom is -0.372 e. The monoisotopic (exact) mass is 387 g/mol. The van der Waals surface area contributed by atoms with Crippen molar-refractivity contribution in [1.82, 2.24) is 4.72 Å². The first-order chi connectivity index (χ1) is 12.8. The maximum atomic E-state index is 12.2. The van der Waals surface area contributed by atoms with Gasteiger partial charge in [-0.3, -0.25) is 4.79 Å². The van der Waals surface area contributed by atoms with Crippen LogP contribution >= 0.6 is 0 Å². The zero-order valence-electron chi connectivity index (χ0n) is 15.8. The number of hydrogen-bond donors (Lipinski definition) is 1. The van der Waals surface area contributed by atoms with E-state index < -0.39 is 15.3 Å². The molecule has 2 atom stereocenters. The molecule has 27 heavy (non-hydrogen) atoms. The molecule has 1 saturated heterocycles. The van der Waals surface area contributed by atoms with Gasteiger partial charge in [-0.1, -0.05) is 42.5 Å². The van der Waals surface area contributed by atoms with Gasteiger partial charge in [0.1, 0.15) is 0 Å². The van der Waals surface area contributed by atoms with Gasteiger partial charge >= 0.3 is 0 Å². The smallest absolute Gasteiger partial charge is 0.214 e. The molecule has 2 aromatic carbocycles. The summed E-state index contributed by atoms with van der Waals surface area (Å²) in [6, 6.07) is 15.1. The van der Waals surface area contributed by atoms with E-state index in [2.05, 4.69) is 4.72 Å². The quantitative estimate of drug-likeness (QED) is 0.767. The van der Waals surface area contributed by atoms with Crippen LogP contribution in [0.15, 0.2) is 48.5 Å². The van der Waals surface area contributed by atoms with Gasteiger partial charge in [0.15, 0.2) is 5.78 Å². The van der Waals surface area contributed by atoms with Crippen LogP contribution in [-0.2, 0) is 14.8 Å². The van der Waals surface area contributed by atoms with Crippen molar-refractivity contribution in [3.8, 4) is 11.1 Å². The highest BCUT2D eigenvalue weighted by atomic mass is 32.2. The Labute approximate surface area is 160 Å². The van der Waals surface area contributed by atoms with E-state index in [1.165, 1.54) is 0 Å². The standard InChI is InChI=1S/C21H25NO4S/c1-14(2)27(24,25)22-20-11-12-26-21(20)17-9-7-16(8-10-17)19-6-4-5-18(13-19)15(3)23/h4-10,13-14,20-22H,11-12H2,1-3H3/t20-,21-/m1/s1. The molecule has 0 aliphatic carbocycles. The highest BCUT2D eigenvalue weighted by Gasteiger charge is 2.33. The normalized spacial score (nSPS) is 20.1. The van der Waals surface area contributed by atoms with Gasteiger partial charge in [0.2, 0.25) is 10.0 Å². The third-order valence-electron chi connectivity index (χ3n) is 4.87. The lowest BCUT2D eigenvalue weighted by molar-refractivity contribution is 0.101. The maximum absolute atomic E-state index is 12.2. The average Bonchev–Trinajstić information content (AvgIpc) is 3.09. The van der Waals surface area contributed by atoms with E-state index in [0.717, 1.165) is 16.7 Å². The van der Waals surface area contributed by atoms with E-state index in [0.29, 0.717) is 18.6 Å². The van der Waals surface area contributed by atoms with Gasteiger partial charge in [-0.25, -0.2) is 13.1 Å². The van der Waals surface area contributed by atoms with Crippen molar-refractivity contribution in [3.63, 3.8) is 0 Å². The fraction of sp³-hybridized carbons (Fsp3) is 0.381. The van der Waals surface area contributed by atoms with Crippen molar-refractivity contribution in [2.75, 3.05) is 6.61 Å². The molecule has 2 aromatic rings. The second-order valence-electron chi connectivity index (χ2n) is 7.16. The number of hydrogen-bond acceptors (Lipinski definition) is 4. The van der Waals surface area contributed by atoms with Crippen LogP contribution in [0.3, 0.4) is 0 Å². The Balaban J connectivity index is 1.80. The molecule has 6 heteroatoms. The fourth-order valence-electron chi connectivity index (χ4n) is 3.17. The molecule has 144 valence electrons. The van der Waals surface area contributed by atoms with Crippen LogP contribution in [0, 0.1) is 0 Å². The number of Topliss-reactive ketones (excluding diaryl/α,β-unsaturated/α-hetero) is 1. The molecular formula is C21H25NO4S. The number of benzene rings is 2. The molecule has 1 N–H and O–H groups in total. The highest BCUT2D eigenvalue weighted by Crippen LogP contribution is 2.31. The highest BCUT2D eigenvalue weighted by molar-refractivity contribution is 7.90. The van der Waals surface area contributed by atoms with Gasteiger partial charge in [0.05, 0.1) is 17.4 Å². The van der Waals surface area contributed by atoms with Crippen LogP contribution in [0.25, 0.3) is 11.1 Å². The number of carbonyl (C=O) groups is 1. The number of ether oxygens (including phenoxy) is 1.